The zero-order valence-corrected chi connectivity index (χ0v) is 13.7. The summed E-state index contributed by atoms with van der Waals surface area (Å²) in [5, 5.41) is 12.2. The lowest BCUT2D eigenvalue weighted by Crippen LogP contribution is -2.44. The molecule has 122 valence electrons. The normalized spacial score (nSPS) is 18.7. The molecular formula is C17H20N2O3S. The van der Waals surface area contributed by atoms with Gasteiger partial charge in [0.05, 0.1) is 5.69 Å². The summed E-state index contributed by atoms with van der Waals surface area (Å²) in [5.74, 6) is 0.0961. The number of para-hydroxylation sites is 1. The van der Waals surface area contributed by atoms with Crippen molar-refractivity contribution in [1.29, 1.82) is 0 Å². The highest BCUT2D eigenvalue weighted by Crippen LogP contribution is 2.21. The van der Waals surface area contributed by atoms with Gasteiger partial charge in [-0.25, -0.2) is 4.98 Å². The average molecular weight is 332 g/mol. The second kappa shape index (κ2) is 7.57. The molecule has 6 heteroatoms. The molecule has 0 aliphatic carbocycles. The van der Waals surface area contributed by atoms with Gasteiger partial charge in [-0.3, -0.25) is 9.69 Å². The van der Waals surface area contributed by atoms with Crippen molar-refractivity contribution in [3.8, 4) is 5.75 Å². The van der Waals surface area contributed by atoms with Crippen molar-refractivity contribution in [2.24, 2.45) is 0 Å². The number of nitrogens with zero attached hydrogens (tertiary/aromatic N) is 2. The summed E-state index contributed by atoms with van der Waals surface area (Å²) in [6, 6.07) is 9.27. The summed E-state index contributed by atoms with van der Waals surface area (Å²) in [4.78, 5) is 17.9. The molecule has 0 bridgehead atoms. The van der Waals surface area contributed by atoms with E-state index >= 15 is 0 Å². The number of rotatable bonds is 6. The van der Waals surface area contributed by atoms with Crippen molar-refractivity contribution >= 4 is 17.3 Å². The number of benzene rings is 1. The molecule has 2 aromatic rings. The molecule has 1 atom stereocenters. The molecule has 3 rings (SSSR count). The van der Waals surface area contributed by atoms with Crippen LogP contribution in [0.25, 0.3) is 0 Å². The van der Waals surface area contributed by atoms with Gasteiger partial charge in [-0.05, 0) is 31.5 Å². The Kier molecular flexibility index (Phi) is 5.25. The molecule has 1 aliphatic rings. The van der Waals surface area contributed by atoms with Crippen LogP contribution in [0, 0.1) is 0 Å². The molecule has 1 fully saturated rings. The van der Waals surface area contributed by atoms with Crippen LogP contribution in [0.4, 0.5) is 0 Å². The van der Waals surface area contributed by atoms with Crippen LogP contribution in [0.3, 0.4) is 0 Å². The SMILES string of the molecule is O=C(O)C1CCCCN1Cc1csc(COc2ccccc2)n1. The molecule has 1 unspecified atom stereocenters. The van der Waals surface area contributed by atoms with Crippen LogP contribution in [-0.4, -0.2) is 33.5 Å². The number of carboxylic acid groups (broad SMARTS) is 1. The standard InChI is InChI=1S/C17H20N2O3S/c20-17(21)15-8-4-5-9-19(15)10-13-12-23-16(18-13)11-22-14-6-2-1-3-7-14/h1-3,6-7,12,15H,4-5,8-11H2,(H,20,21). The van der Waals surface area contributed by atoms with Crippen molar-refractivity contribution in [1.82, 2.24) is 9.88 Å². The highest BCUT2D eigenvalue weighted by Gasteiger charge is 2.28. The highest BCUT2D eigenvalue weighted by molar-refractivity contribution is 7.09. The van der Waals surface area contributed by atoms with Crippen molar-refractivity contribution in [2.45, 2.75) is 38.5 Å². The molecule has 5 nitrogen and oxygen atoms in total. The van der Waals surface area contributed by atoms with Crippen LogP contribution >= 0.6 is 11.3 Å². The zero-order chi connectivity index (χ0) is 16.1. The number of likely N-dealkylation sites (tertiary alicyclic amines) is 1. The van der Waals surface area contributed by atoms with Crippen LogP contribution in [0.1, 0.15) is 30.0 Å². The molecule has 23 heavy (non-hydrogen) atoms. The Morgan fingerprint density at radius 3 is 2.96 bits per heavy atom. The molecule has 2 heterocycles. The molecular weight excluding hydrogens is 312 g/mol. The van der Waals surface area contributed by atoms with Crippen molar-refractivity contribution in [3.63, 3.8) is 0 Å². The first-order chi connectivity index (χ1) is 11.2. The van der Waals surface area contributed by atoms with Gasteiger partial charge in [0, 0.05) is 11.9 Å². The number of piperidine rings is 1. The van der Waals surface area contributed by atoms with Crippen LogP contribution in [-0.2, 0) is 17.9 Å². The molecule has 0 amide bonds. The van der Waals surface area contributed by atoms with E-state index in [9.17, 15) is 9.90 Å². The maximum atomic E-state index is 11.3. The Morgan fingerprint density at radius 1 is 1.35 bits per heavy atom. The fraction of sp³-hybridized carbons (Fsp3) is 0.412. The van der Waals surface area contributed by atoms with E-state index in [1.807, 2.05) is 40.6 Å². The first-order valence-corrected chi connectivity index (χ1v) is 8.68. The predicted molar refractivity (Wildman–Crippen MR) is 88.6 cm³/mol. The van der Waals surface area contributed by atoms with Gasteiger partial charge < -0.3 is 9.84 Å². The number of ether oxygens (including phenoxy) is 1. The van der Waals surface area contributed by atoms with E-state index in [0.29, 0.717) is 13.2 Å². The zero-order valence-electron chi connectivity index (χ0n) is 12.9. The Morgan fingerprint density at radius 2 is 2.17 bits per heavy atom. The maximum absolute atomic E-state index is 11.3. The van der Waals surface area contributed by atoms with Gasteiger partial charge in [0.2, 0.25) is 0 Å². The number of hydrogen-bond donors (Lipinski definition) is 1. The summed E-state index contributed by atoms with van der Waals surface area (Å²) in [6.45, 7) is 1.86. The number of carboxylic acids is 1. The van der Waals surface area contributed by atoms with Crippen LogP contribution in [0.2, 0.25) is 0 Å². The van der Waals surface area contributed by atoms with E-state index in [1.165, 1.54) is 0 Å². The van der Waals surface area contributed by atoms with Gasteiger partial charge in [-0.1, -0.05) is 24.6 Å². The third-order valence-electron chi connectivity index (χ3n) is 3.97. The minimum absolute atomic E-state index is 0.380. The van der Waals surface area contributed by atoms with E-state index in [4.69, 9.17) is 4.74 Å². The lowest BCUT2D eigenvalue weighted by atomic mass is 10.0. The summed E-state index contributed by atoms with van der Waals surface area (Å²) in [6.07, 6.45) is 2.77. The quantitative estimate of drug-likeness (QED) is 0.880. The maximum Gasteiger partial charge on any atom is 0.320 e. The van der Waals surface area contributed by atoms with Crippen LogP contribution < -0.4 is 4.74 Å². The van der Waals surface area contributed by atoms with Gasteiger partial charge in [-0.15, -0.1) is 11.3 Å². The fourth-order valence-corrected chi connectivity index (χ4v) is 3.51. The van der Waals surface area contributed by atoms with Gasteiger partial charge >= 0.3 is 5.97 Å². The number of hydrogen-bond acceptors (Lipinski definition) is 5. The molecule has 1 aromatic carbocycles. The van der Waals surface area contributed by atoms with Crippen LogP contribution in [0.5, 0.6) is 5.75 Å². The lowest BCUT2D eigenvalue weighted by molar-refractivity contribution is -0.144. The Balaban J connectivity index is 1.57. The van der Waals surface area contributed by atoms with E-state index in [1.54, 1.807) is 11.3 Å². The Labute approximate surface area is 139 Å². The van der Waals surface area contributed by atoms with E-state index in [-0.39, 0.29) is 6.04 Å². The second-order valence-electron chi connectivity index (χ2n) is 5.65. The number of aromatic nitrogens is 1. The lowest BCUT2D eigenvalue weighted by Gasteiger charge is -2.32. The summed E-state index contributed by atoms with van der Waals surface area (Å²) >= 11 is 1.56. The molecule has 1 N–H and O–H groups in total. The molecule has 0 spiro atoms. The number of carbonyl (C=O) groups is 1. The van der Waals surface area contributed by atoms with Gasteiger partial charge in [0.15, 0.2) is 0 Å². The molecule has 0 saturated carbocycles. The summed E-state index contributed by atoms with van der Waals surface area (Å²) in [5.41, 5.74) is 0.926. The van der Waals surface area contributed by atoms with Crippen molar-refractivity contribution in [2.75, 3.05) is 6.54 Å². The Hall–Kier alpha value is -1.92. The third-order valence-corrected chi connectivity index (χ3v) is 4.84. The monoisotopic (exact) mass is 332 g/mol. The van der Waals surface area contributed by atoms with Crippen molar-refractivity contribution in [3.05, 3.63) is 46.4 Å². The van der Waals surface area contributed by atoms with Crippen molar-refractivity contribution < 1.29 is 14.6 Å². The number of thiazole rings is 1. The minimum Gasteiger partial charge on any atom is -0.486 e. The largest absolute Gasteiger partial charge is 0.486 e. The van der Waals surface area contributed by atoms with Gasteiger partial charge in [-0.2, -0.15) is 0 Å². The Bertz CT molecular complexity index is 644. The molecule has 1 saturated heterocycles. The molecule has 1 aromatic heterocycles. The first kappa shape index (κ1) is 16.0. The molecule has 0 radical (unpaired) electrons. The summed E-state index contributed by atoms with van der Waals surface area (Å²) in [7, 11) is 0. The second-order valence-corrected chi connectivity index (χ2v) is 6.60. The summed E-state index contributed by atoms with van der Waals surface area (Å²) < 4.78 is 5.69. The van der Waals surface area contributed by atoms with Crippen LogP contribution in [0.15, 0.2) is 35.7 Å². The number of aliphatic carboxylic acids is 1. The highest BCUT2D eigenvalue weighted by atomic mass is 32.1. The fourth-order valence-electron chi connectivity index (χ4n) is 2.82. The van der Waals surface area contributed by atoms with E-state index in [0.717, 1.165) is 42.3 Å². The predicted octanol–water partition coefficient (Wildman–Crippen LogP) is 3.16. The minimum atomic E-state index is -0.729. The topological polar surface area (TPSA) is 62.7 Å². The third kappa shape index (κ3) is 4.30. The first-order valence-electron chi connectivity index (χ1n) is 7.80. The average Bonchev–Trinajstić information content (AvgIpc) is 3.02. The van der Waals surface area contributed by atoms with E-state index < -0.39 is 5.97 Å². The van der Waals surface area contributed by atoms with Gasteiger partial charge in [0.25, 0.3) is 0 Å². The smallest absolute Gasteiger partial charge is 0.320 e. The van der Waals surface area contributed by atoms with Gasteiger partial charge in [0.1, 0.15) is 23.4 Å². The molecule has 1 aliphatic heterocycles. The van der Waals surface area contributed by atoms with E-state index in [2.05, 4.69) is 4.98 Å².